The molecule has 6 rings (SSSR count). The van der Waals surface area contributed by atoms with Crippen molar-refractivity contribution in [2.75, 3.05) is 6.61 Å². The third-order valence-electron chi connectivity index (χ3n) is 8.39. The molecule has 3 atom stereocenters. The molecule has 176 valence electrons. The van der Waals surface area contributed by atoms with E-state index < -0.39 is 23.5 Å². The Balaban J connectivity index is 1.15. The van der Waals surface area contributed by atoms with E-state index in [2.05, 4.69) is 29.6 Å². The highest BCUT2D eigenvalue weighted by molar-refractivity contribution is 5.92. The number of carboxylic acid groups (broad SMARTS) is 1. The van der Waals surface area contributed by atoms with E-state index in [4.69, 9.17) is 4.74 Å². The molecule has 3 fully saturated rings. The largest absolute Gasteiger partial charge is 0.481 e. The lowest BCUT2D eigenvalue weighted by atomic mass is 9.75. The van der Waals surface area contributed by atoms with Crippen LogP contribution in [0.3, 0.4) is 0 Å². The van der Waals surface area contributed by atoms with E-state index in [0.29, 0.717) is 25.7 Å². The van der Waals surface area contributed by atoms with Crippen LogP contribution in [0, 0.1) is 5.92 Å². The highest BCUT2D eigenvalue weighted by Crippen LogP contribution is 2.46. The van der Waals surface area contributed by atoms with Gasteiger partial charge >= 0.3 is 12.1 Å². The Bertz CT molecular complexity index is 1130. The summed E-state index contributed by atoms with van der Waals surface area (Å²) in [6.07, 6.45) is 3.44. The molecule has 2 heterocycles. The number of carboxylic acids is 1. The number of alkyl carbamates (subject to hydrolysis) is 1. The van der Waals surface area contributed by atoms with Gasteiger partial charge in [-0.05, 0) is 60.8 Å². The number of nitrogens with zero attached hydrogens (tertiary/aromatic N) is 1. The second kappa shape index (κ2) is 7.86. The quantitative estimate of drug-likeness (QED) is 0.705. The summed E-state index contributed by atoms with van der Waals surface area (Å²) in [5, 5.41) is 12.4. The van der Waals surface area contributed by atoms with Crippen LogP contribution in [-0.2, 0) is 14.3 Å². The zero-order chi connectivity index (χ0) is 23.4. The number of ether oxygens (including phenoxy) is 1. The van der Waals surface area contributed by atoms with Crippen LogP contribution in [-0.4, -0.2) is 52.2 Å². The zero-order valence-electron chi connectivity index (χ0n) is 18.9. The van der Waals surface area contributed by atoms with Crippen LogP contribution in [0.2, 0.25) is 0 Å². The molecular formula is C27H28N2O5. The molecule has 2 aromatic rings. The summed E-state index contributed by atoms with van der Waals surface area (Å²) in [4.78, 5) is 39.9. The normalized spacial score (nSPS) is 25.9. The summed E-state index contributed by atoms with van der Waals surface area (Å²) in [5.74, 6) is -1.52. The zero-order valence-corrected chi connectivity index (χ0v) is 18.9. The molecule has 4 aliphatic rings. The summed E-state index contributed by atoms with van der Waals surface area (Å²) in [6.45, 7) is 0.195. The fourth-order valence-corrected chi connectivity index (χ4v) is 6.57. The van der Waals surface area contributed by atoms with Gasteiger partial charge in [-0.1, -0.05) is 48.5 Å². The lowest BCUT2D eigenvalue weighted by molar-refractivity contribution is -0.146. The summed E-state index contributed by atoms with van der Waals surface area (Å²) < 4.78 is 5.70. The molecule has 34 heavy (non-hydrogen) atoms. The van der Waals surface area contributed by atoms with Gasteiger partial charge in [0.25, 0.3) is 0 Å². The van der Waals surface area contributed by atoms with Gasteiger partial charge in [-0.3, -0.25) is 9.59 Å². The van der Waals surface area contributed by atoms with Crippen molar-refractivity contribution in [3.8, 4) is 11.1 Å². The van der Waals surface area contributed by atoms with Crippen molar-refractivity contribution in [1.29, 1.82) is 0 Å². The standard InChI is InChI=1S/C27H28N2O5/c30-24(31)21-14-16-10-11-23(21)29(16)25(32)27(12-5-13-27)28-26(33)34-15-22-19-8-3-1-6-17(19)18-7-2-4-9-20(18)22/h1-4,6-9,16,21-23H,5,10-15H2,(H,28,33)(H,30,31)/t16-,21+,23+/m0/s1. The van der Waals surface area contributed by atoms with Crippen molar-refractivity contribution in [2.24, 2.45) is 5.92 Å². The second-order valence-electron chi connectivity index (χ2n) is 10.1. The number of fused-ring (bicyclic) bond motifs is 5. The molecule has 2 aliphatic heterocycles. The highest BCUT2D eigenvalue weighted by Gasteiger charge is 2.57. The maximum atomic E-state index is 13.6. The first kappa shape index (κ1) is 21.2. The average Bonchev–Trinajstić information content (AvgIpc) is 3.49. The molecule has 1 saturated carbocycles. The third-order valence-corrected chi connectivity index (χ3v) is 8.39. The molecule has 2 amide bonds. The molecule has 0 aromatic heterocycles. The molecule has 0 radical (unpaired) electrons. The first-order chi connectivity index (χ1) is 16.5. The van der Waals surface area contributed by atoms with Gasteiger partial charge in [0, 0.05) is 18.0 Å². The van der Waals surface area contributed by atoms with Gasteiger partial charge in [-0.25, -0.2) is 4.79 Å². The van der Waals surface area contributed by atoms with Crippen molar-refractivity contribution in [1.82, 2.24) is 10.2 Å². The molecule has 2 N–H and O–H groups in total. The molecule has 7 heteroatoms. The Labute approximate surface area is 198 Å². The van der Waals surface area contributed by atoms with Gasteiger partial charge in [-0.15, -0.1) is 0 Å². The van der Waals surface area contributed by atoms with E-state index in [-0.39, 0.29) is 30.5 Å². The highest BCUT2D eigenvalue weighted by atomic mass is 16.5. The minimum atomic E-state index is -0.975. The van der Waals surface area contributed by atoms with E-state index in [0.717, 1.165) is 35.1 Å². The van der Waals surface area contributed by atoms with Gasteiger partial charge < -0.3 is 20.1 Å². The van der Waals surface area contributed by atoms with Crippen molar-refractivity contribution in [2.45, 2.75) is 62.1 Å². The lowest BCUT2D eigenvalue weighted by Gasteiger charge is -2.44. The van der Waals surface area contributed by atoms with E-state index in [1.807, 2.05) is 24.3 Å². The first-order valence-electron chi connectivity index (χ1n) is 12.2. The van der Waals surface area contributed by atoms with Crippen molar-refractivity contribution in [3.05, 3.63) is 59.7 Å². The number of rotatable bonds is 5. The third kappa shape index (κ3) is 3.13. The number of carbonyl (C=O) groups is 3. The Morgan fingerprint density at radius 1 is 1.00 bits per heavy atom. The number of amides is 2. The summed E-state index contributed by atoms with van der Waals surface area (Å²) in [5.41, 5.74) is 3.63. The number of nitrogens with one attached hydrogen (secondary N) is 1. The maximum Gasteiger partial charge on any atom is 0.408 e. The summed E-state index contributed by atoms with van der Waals surface area (Å²) in [6, 6.07) is 16.0. The van der Waals surface area contributed by atoms with E-state index in [9.17, 15) is 19.5 Å². The van der Waals surface area contributed by atoms with Crippen LogP contribution in [0.25, 0.3) is 11.1 Å². The van der Waals surface area contributed by atoms with E-state index >= 15 is 0 Å². The predicted molar refractivity (Wildman–Crippen MR) is 124 cm³/mol. The van der Waals surface area contributed by atoms with E-state index in [1.165, 1.54) is 0 Å². The van der Waals surface area contributed by atoms with Crippen LogP contribution in [0.5, 0.6) is 0 Å². The van der Waals surface area contributed by atoms with Gasteiger partial charge in [0.1, 0.15) is 12.1 Å². The Morgan fingerprint density at radius 3 is 2.21 bits per heavy atom. The molecule has 7 nitrogen and oxygen atoms in total. The lowest BCUT2D eigenvalue weighted by Crippen LogP contribution is -2.64. The smallest absolute Gasteiger partial charge is 0.408 e. The number of carbonyl (C=O) groups excluding carboxylic acids is 2. The van der Waals surface area contributed by atoms with Crippen LogP contribution < -0.4 is 5.32 Å². The molecule has 2 saturated heterocycles. The topological polar surface area (TPSA) is 95.9 Å². The molecule has 2 aliphatic carbocycles. The Kier molecular flexibility index (Phi) is 4.90. The summed E-state index contributed by atoms with van der Waals surface area (Å²) in [7, 11) is 0. The van der Waals surface area contributed by atoms with Crippen LogP contribution in [0.4, 0.5) is 4.79 Å². The second-order valence-corrected chi connectivity index (χ2v) is 10.1. The minimum absolute atomic E-state index is 0.0413. The number of aliphatic carboxylic acids is 1. The fourth-order valence-electron chi connectivity index (χ4n) is 6.57. The van der Waals surface area contributed by atoms with Crippen LogP contribution >= 0.6 is 0 Å². The number of hydrogen-bond donors (Lipinski definition) is 2. The Hall–Kier alpha value is -3.35. The molecule has 2 bridgehead atoms. The maximum absolute atomic E-state index is 13.6. The predicted octanol–water partition coefficient (Wildman–Crippen LogP) is 3.91. The average molecular weight is 461 g/mol. The molecular weight excluding hydrogens is 432 g/mol. The fraction of sp³-hybridized carbons (Fsp3) is 0.444. The van der Waals surface area contributed by atoms with E-state index in [1.54, 1.807) is 4.90 Å². The Morgan fingerprint density at radius 2 is 1.65 bits per heavy atom. The van der Waals surface area contributed by atoms with Gasteiger partial charge in [0.2, 0.25) is 5.91 Å². The number of benzene rings is 2. The van der Waals surface area contributed by atoms with Crippen molar-refractivity contribution < 1.29 is 24.2 Å². The molecule has 0 spiro atoms. The van der Waals surface area contributed by atoms with Crippen LogP contribution in [0.1, 0.15) is 55.6 Å². The van der Waals surface area contributed by atoms with Gasteiger partial charge in [-0.2, -0.15) is 0 Å². The van der Waals surface area contributed by atoms with Gasteiger partial charge in [0.05, 0.1) is 5.92 Å². The van der Waals surface area contributed by atoms with Crippen LogP contribution in [0.15, 0.2) is 48.5 Å². The number of hydrogen-bond acceptors (Lipinski definition) is 4. The SMILES string of the molecule is O=C(NC1(C(=O)N2[C@H]3CC[C@@H]2[C@H](C(=O)O)C3)CCC1)OCC1c2ccccc2-c2ccccc21. The monoisotopic (exact) mass is 460 g/mol. The summed E-state index contributed by atoms with van der Waals surface area (Å²) >= 11 is 0. The van der Waals surface area contributed by atoms with Crippen molar-refractivity contribution in [3.63, 3.8) is 0 Å². The van der Waals surface area contributed by atoms with Gasteiger partial charge in [0.15, 0.2) is 0 Å². The molecule has 0 unspecified atom stereocenters. The van der Waals surface area contributed by atoms with Crippen molar-refractivity contribution >= 4 is 18.0 Å². The first-order valence-corrected chi connectivity index (χ1v) is 12.2. The minimum Gasteiger partial charge on any atom is -0.481 e. The molecule has 2 aromatic carbocycles.